The van der Waals surface area contributed by atoms with Gasteiger partial charge in [-0.3, -0.25) is 0 Å². The number of nitrogen functional groups attached to an aromatic ring is 1. The average Bonchev–Trinajstić information content (AvgIpc) is 3.16. The summed E-state index contributed by atoms with van der Waals surface area (Å²) in [7, 11) is 1.62. The predicted octanol–water partition coefficient (Wildman–Crippen LogP) is 3.48. The first-order chi connectivity index (χ1) is 9.67. The molecule has 0 radical (unpaired) electrons. The van der Waals surface area contributed by atoms with Gasteiger partial charge in [0.05, 0.1) is 18.2 Å². The van der Waals surface area contributed by atoms with Crippen LogP contribution in [-0.2, 0) is 0 Å². The molecule has 5 nitrogen and oxygen atoms in total. The highest BCUT2D eigenvalue weighted by molar-refractivity contribution is 9.10. The van der Waals surface area contributed by atoms with Crippen LogP contribution in [0.3, 0.4) is 0 Å². The summed E-state index contributed by atoms with van der Waals surface area (Å²) in [5.74, 6) is 3.00. The Balaban J connectivity index is 1.94. The fourth-order valence-electron chi connectivity index (χ4n) is 1.93. The molecule has 1 saturated carbocycles. The molecular formula is C14H15BrN2O3. The highest BCUT2D eigenvalue weighted by Crippen LogP contribution is 2.41. The average molecular weight is 339 g/mol. The molecule has 1 fully saturated rings. The predicted molar refractivity (Wildman–Crippen MR) is 78.8 cm³/mol. The van der Waals surface area contributed by atoms with Crippen molar-refractivity contribution >= 4 is 21.7 Å². The number of halogens is 1. The van der Waals surface area contributed by atoms with Crippen LogP contribution >= 0.6 is 15.9 Å². The van der Waals surface area contributed by atoms with Crippen molar-refractivity contribution in [3.63, 3.8) is 0 Å². The molecule has 0 amide bonds. The van der Waals surface area contributed by atoms with Crippen LogP contribution < -0.4 is 15.2 Å². The van der Waals surface area contributed by atoms with Gasteiger partial charge in [0.1, 0.15) is 0 Å². The van der Waals surface area contributed by atoms with E-state index >= 15 is 0 Å². The number of nitrogens with zero attached hydrogens (tertiary/aromatic N) is 1. The maximum atomic E-state index is 5.85. The lowest BCUT2D eigenvalue weighted by molar-refractivity contribution is 0.280. The van der Waals surface area contributed by atoms with Crippen LogP contribution in [0.2, 0.25) is 0 Å². The third-order valence-electron chi connectivity index (χ3n) is 3.20. The van der Waals surface area contributed by atoms with Gasteiger partial charge < -0.3 is 19.7 Å². The number of aromatic nitrogens is 1. The zero-order chi connectivity index (χ0) is 14.1. The Hall–Kier alpha value is -1.69. The van der Waals surface area contributed by atoms with Gasteiger partial charge >= 0.3 is 0 Å². The molecule has 106 valence electrons. The Bertz CT molecular complexity index is 623. The molecule has 20 heavy (non-hydrogen) atoms. The molecule has 1 aromatic carbocycles. The van der Waals surface area contributed by atoms with Crippen LogP contribution in [0.1, 0.15) is 12.8 Å². The second-order valence-electron chi connectivity index (χ2n) is 4.86. The second-order valence-corrected chi connectivity index (χ2v) is 5.71. The number of anilines is 1. The van der Waals surface area contributed by atoms with Crippen LogP contribution in [0.4, 0.5) is 5.82 Å². The molecule has 2 N–H and O–H groups in total. The maximum Gasteiger partial charge on any atom is 0.174 e. The van der Waals surface area contributed by atoms with Crippen molar-refractivity contribution in [2.45, 2.75) is 12.8 Å². The van der Waals surface area contributed by atoms with E-state index in [0.717, 1.165) is 10.0 Å². The van der Waals surface area contributed by atoms with Crippen molar-refractivity contribution in [2.75, 3.05) is 19.5 Å². The number of rotatable bonds is 5. The molecule has 2 aromatic rings. The first-order valence-electron chi connectivity index (χ1n) is 6.40. The molecule has 0 unspecified atom stereocenters. The van der Waals surface area contributed by atoms with E-state index in [2.05, 4.69) is 21.1 Å². The lowest BCUT2D eigenvalue weighted by Gasteiger charge is -2.13. The van der Waals surface area contributed by atoms with E-state index in [9.17, 15) is 0 Å². The van der Waals surface area contributed by atoms with Crippen LogP contribution in [0, 0.1) is 5.92 Å². The number of hydrogen-bond acceptors (Lipinski definition) is 5. The Morgan fingerprint density at radius 1 is 1.40 bits per heavy atom. The monoisotopic (exact) mass is 338 g/mol. The Labute approximate surface area is 125 Å². The second kappa shape index (κ2) is 5.36. The van der Waals surface area contributed by atoms with E-state index < -0.39 is 0 Å². The zero-order valence-electron chi connectivity index (χ0n) is 11.1. The zero-order valence-corrected chi connectivity index (χ0v) is 12.6. The molecule has 3 rings (SSSR count). The van der Waals surface area contributed by atoms with E-state index in [1.165, 1.54) is 12.8 Å². The van der Waals surface area contributed by atoms with Crippen molar-refractivity contribution in [2.24, 2.45) is 5.92 Å². The summed E-state index contributed by atoms with van der Waals surface area (Å²) in [6.07, 6.45) is 2.48. The van der Waals surface area contributed by atoms with Gasteiger partial charge in [-0.25, -0.2) is 0 Å². The minimum Gasteiger partial charge on any atom is -0.492 e. The molecule has 1 heterocycles. The first kappa shape index (κ1) is 13.3. The fourth-order valence-corrected chi connectivity index (χ4v) is 2.54. The maximum absolute atomic E-state index is 5.85. The minimum absolute atomic E-state index is 0.354. The summed E-state index contributed by atoms with van der Waals surface area (Å²) in [6.45, 7) is 0.713. The van der Waals surface area contributed by atoms with Crippen molar-refractivity contribution in [3.8, 4) is 22.8 Å². The van der Waals surface area contributed by atoms with Gasteiger partial charge in [-0.2, -0.15) is 0 Å². The van der Waals surface area contributed by atoms with Crippen molar-refractivity contribution in [1.29, 1.82) is 0 Å². The van der Waals surface area contributed by atoms with Gasteiger partial charge in [0.15, 0.2) is 23.1 Å². The van der Waals surface area contributed by atoms with Gasteiger partial charge in [0.25, 0.3) is 0 Å². The largest absolute Gasteiger partial charge is 0.492 e. The number of nitrogens with two attached hydrogens (primary N) is 1. The summed E-state index contributed by atoms with van der Waals surface area (Å²) in [5, 5.41) is 3.69. The van der Waals surface area contributed by atoms with Crippen LogP contribution in [0.15, 0.2) is 27.2 Å². The summed E-state index contributed by atoms with van der Waals surface area (Å²) >= 11 is 3.49. The highest BCUT2D eigenvalue weighted by atomic mass is 79.9. The molecule has 1 aliphatic rings. The Kier molecular flexibility index (Phi) is 3.56. The molecule has 1 aliphatic carbocycles. The van der Waals surface area contributed by atoms with Crippen LogP contribution in [0.5, 0.6) is 11.5 Å². The van der Waals surface area contributed by atoms with Gasteiger partial charge in [-0.1, -0.05) is 5.16 Å². The lowest BCUT2D eigenvalue weighted by Crippen LogP contribution is -2.01. The summed E-state index contributed by atoms with van der Waals surface area (Å²) in [4.78, 5) is 0. The van der Waals surface area contributed by atoms with Crippen molar-refractivity contribution in [1.82, 2.24) is 5.16 Å². The molecule has 6 heteroatoms. The molecule has 0 atom stereocenters. The standard InChI is InChI=1S/C14H15BrN2O3/c1-18-14-10(15)4-9(11-6-13(16)17-20-11)5-12(14)19-7-8-2-3-8/h4-6,8H,2-3,7H2,1H3,(H2,16,17). The summed E-state index contributed by atoms with van der Waals surface area (Å²) < 4.78 is 17.2. The van der Waals surface area contributed by atoms with E-state index in [0.29, 0.717) is 35.6 Å². The topological polar surface area (TPSA) is 70.5 Å². The van der Waals surface area contributed by atoms with E-state index in [1.54, 1.807) is 13.2 Å². The number of ether oxygens (including phenoxy) is 2. The molecule has 0 bridgehead atoms. The van der Waals surface area contributed by atoms with Crippen LogP contribution in [0.25, 0.3) is 11.3 Å². The molecular weight excluding hydrogens is 324 g/mol. The fraction of sp³-hybridized carbons (Fsp3) is 0.357. The van der Waals surface area contributed by atoms with Gasteiger partial charge in [-0.15, -0.1) is 0 Å². The lowest BCUT2D eigenvalue weighted by atomic mass is 10.1. The summed E-state index contributed by atoms with van der Waals surface area (Å²) in [5.41, 5.74) is 6.42. The molecule has 0 aliphatic heterocycles. The van der Waals surface area contributed by atoms with Gasteiger partial charge in [0, 0.05) is 11.6 Å². The van der Waals surface area contributed by atoms with E-state index in [4.69, 9.17) is 19.7 Å². The minimum atomic E-state index is 0.354. The van der Waals surface area contributed by atoms with E-state index in [-0.39, 0.29) is 0 Å². The molecule has 0 spiro atoms. The first-order valence-corrected chi connectivity index (χ1v) is 7.19. The van der Waals surface area contributed by atoms with Crippen LogP contribution in [-0.4, -0.2) is 18.9 Å². The third-order valence-corrected chi connectivity index (χ3v) is 3.79. The third kappa shape index (κ3) is 2.75. The number of benzene rings is 1. The van der Waals surface area contributed by atoms with Gasteiger partial charge in [0.2, 0.25) is 0 Å². The quantitative estimate of drug-likeness (QED) is 0.903. The molecule has 1 aromatic heterocycles. The Morgan fingerprint density at radius 3 is 2.80 bits per heavy atom. The normalized spacial score (nSPS) is 14.3. The summed E-state index contributed by atoms with van der Waals surface area (Å²) in [6, 6.07) is 5.45. The molecule has 0 saturated heterocycles. The van der Waals surface area contributed by atoms with Gasteiger partial charge in [-0.05, 0) is 46.8 Å². The number of hydrogen-bond donors (Lipinski definition) is 1. The SMILES string of the molecule is COc1c(Br)cc(-c2cc(N)no2)cc1OCC1CC1. The van der Waals surface area contributed by atoms with Crippen molar-refractivity contribution < 1.29 is 14.0 Å². The smallest absolute Gasteiger partial charge is 0.174 e. The van der Waals surface area contributed by atoms with Crippen molar-refractivity contribution in [3.05, 3.63) is 22.7 Å². The number of methoxy groups -OCH3 is 1. The highest BCUT2D eigenvalue weighted by Gasteiger charge is 2.23. The van der Waals surface area contributed by atoms with E-state index in [1.807, 2.05) is 12.1 Å². The Morgan fingerprint density at radius 2 is 2.20 bits per heavy atom.